The maximum atomic E-state index is 13.0. The van der Waals surface area contributed by atoms with E-state index >= 15 is 0 Å². The summed E-state index contributed by atoms with van der Waals surface area (Å²) in [5, 5.41) is 11.1. The molecule has 178 valence electrons. The van der Waals surface area contributed by atoms with Crippen LogP contribution in [0.15, 0.2) is 29.4 Å². The first-order valence-electron chi connectivity index (χ1n) is 11.3. The molecule has 5 rings (SSSR count). The number of halogens is 1. The number of benzene rings is 1. The molecule has 11 heteroatoms. The number of carbonyl (C=O) groups is 2. The van der Waals surface area contributed by atoms with Crippen molar-refractivity contribution in [1.29, 1.82) is 0 Å². The normalized spacial score (nSPS) is 22.8. The Kier molecular flexibility index (Phi) is 6.37. The number of aromatic amines is 1. The number of hydrogen-bond acceptors (Lipinski definition) is 7. The second-order valence-electron chi connectivity index (χ2n) is 9.02. The number of aromatic nitrogens is 2. The molecular weight excluding hydrogens is 476 g/mol. The van der Waals surface area contributed by atoms with Crippen LogP contribution in [0.2, 0.25) is 5.02 Å². The number of nitrogens with one attached hydrogen (secondary N) is 3. The Hall–Kier alpha value is -2.82. The first-order chi connectivity index (χ1) is 16.4. The molecule has 9 nitrogen and oxygen atoms in total. The molecule has 2 amide bonds. The van der Waals surface area contributed by atoms with Gasteiger partial charge in [0.05, 0.1) is 17.8 Å². The second kappa shape index (κ2) is 9.44. The second-order valence-corrected chi connectivity index (χ2v) is 10.5. The third-order valence-corrected chi connectivity index (χ3v) is 7.86. The van der Waals surface area contributed by atoms with Gasteiger partial charge in [-0.3, -0.25) is 9.59 Å². The average Bonchev–Trinajstić information content (AvgIpc) is 3.43. The number of nitrogens with zero attached hydrogens (tertiary/aromatic N) is 3. The van der Waals surface area contributed by atoms with Gasteiger partial charge in [0, 0.05) is 46.4 Å². The van der Waals surface area contributed by atoms with Gasteiger partial charge in [0.15, 0.2) is 5.01 Å². The molecule has 0 spiro atoms. The SMILES string of the molecule is CN1CCc2nc(C(=O)N[C@@H]3CC(N=O)CC[C@@H]3NC(=O)c3cc4cc(Cl)ccc4[nH]3)sc2C1. The lowest BCUT2D eigenvalue weighted by atomic mass is 9.87. The van der Waals surface area contributed by atoms with Crippen molar-refractivity contribution >= 4 is 45.7 Å². The molecule has 1 unspecified atom stereocenters. The number of nitroso groups, excluding NO2 is 1. The van der Waals surface area contributed by atoms with E-state index in [0.717, 1.165) is 41.0 Å². The average molecular weight is 501 g/mol. The van der Waals surface area contributed by atoms with Gasteiger partial charge in [-0.25, -0.2) is 4.98 Å². The zero-order valence-electron chi connectivity index (χ0n) is 18.6. The first kappa shape index (κ1) is 22.9. The number of likely N-dealkylation sites (N-methyl/N-ethyl adjacent to an activating group) is 1. The summed E-state index contributed by atoms with van der Waals surface area (Å²) >= 11 is 7.46. The van der Waals surface area contributed by atoms with Crippen LogP contribution in [0, 0.1) is 4.91 Å². The van der Waals surface area contributed by atoms with Gasteiger partial charge in [0.1, 0.15) is 5.69 Å². The van der Waals surface area contributed by atoms with Crippen molar-refractivity contribution in [2.45, 2.75) is 50.4 Å². The first-order valence-corrected chi connectivity index (χ1v) is 12.5. The zero-order chi connectivity index (χ0) is 23.8. The van der Waals surface area contributed by atoms with E-state index in [1.54, 1.807) is 18.2 Å². The van der Waals surface area contributed by atoms with Crippen LogP contribution in [0.25, 0.3) is 10.9 Å². The lowest BCUT2D eigenvalue weighted by molar-refractivity contribution is 0.0855. The summed E-state index contributed by atoms with van der Waals surface area (Å²) in [5.41, 5.74) is 2.20. The highest BCUT2D eigenvalue weighted by Gasteiger charge is 2.34. The smallest absolute Gasteiger partial charge is 0.280 e. The maximum Gasteiger partial charge on any atom is 0.280 e. The topological polar surface area (TPSA) is 120 Å². The molecule has 3 heterocycles. The van der Waals surface area contributed by atoms with Crippen LogP contribution < -0.4 is 10.6 Å². The van der Waals surface area contributed by atoms with Gasteiger partial charge < -0.3 is 20.5 Å². The Bertz CT molecular complexity index is 1260. The molecule has 3 aromatic rings. The third kappa shape index (κ3) is 4.70. The van der Waals surface area contributed by atoms with Gasteiger partial charge in [-0.2, -0.15) is 4.91 Å². The summed E-state index contributed by atoms with van der Waals surface area (Å²) in [4.78, 5) is 48.2. The van der Waals surface area contributed by atoms with Crippen LogP contribution in [-0.2, 0) is 13.0 Å². The minimum absolute atomic E-state index is 0.276. The zero-order valence-corrected chi connectivity index (χ0v) is 20.2. The lowest BCUT2D eigenvalue weighted by Gasteiger charge is -2.34. The Labute approximate surface area is 205 Å². The number of hydrogen-bond donors (Lipinski definition) is 3. The van der Waals surface area contributed by atoms with Crippen molar-refractivity contribution in [2.24, 2.45) is 5.18 Å². The van der Waals surface area contributed by atoms with Gasteiger partial charge >= 0.3 is 0 Å². The molecule has 0 bridgehead atoms. The Morgan fingerprint density at radius 2 is 2.03 bits per heavy atom. The summed E-state index contributed by atoms with van der Waals surface area (Å²) < 4.78 is 0. The van der Waals surface area contributed by atoms with Gasteiger partial charge in [-0.1, -0.05) is 16.8 Å². The molecule has 1 aromatic carbocycles. The van der Waals surface area contributed by atoms with Crippen LogP contribution in [0.5, 0.6) is 0 Å². The fourth-order valence-electron chi connectivity index (χ4n) is 4.70. The highest BCUT2D eigenvalue weighted by molar-refractivity contribution is 7.13. The van der Waals surface area contributed by atoms with Crippen molar-refractivity contribution in [3.63, 3.8) is 0 Å². The van der Waals surface area contributed by atoms with E-state index in [9.17, 15) is 14.5 Å². The molecule has 2 aromatic heterocycles. The quantitative estimate of drug-likeness (QED) is 0.463. The fourth-order valence-corrected chi connectivity index (χ4v) is 5.97. The van der Waals surface area contributed by atoms with E-state index < -0.39 is 12.1 Å². The number of fused-ring (bicyclic) bond motifs is 2. The molecule has 0 saturated heterocycles. The number of thiazole rings is 1. The largest absolute Gasteiger partial charge is 0.351 e. The maximum absolute atomic E-state index is 13.0. The van der Waals surface area contributed by atoms with Gasteiger partial charge in [-0.05, 0) is 50.6 Å². The monoisotopic (exact) mass is 500 g/mol. The van der Waals surface area contributed by atoms with Crippen LogP contribution in [0.3, 0.4) is 0 Å². The minimum Gasteiger partial charge on any atom is -0.351 e. The predicted octanol–water partition coefficient (Wildman–Crippen LogP) is 3.48. The molecule has 1 fully saturated rings. The summed E-state index contributed by atoms with van der Waals surface area (Å²) in [7, 11) is 2.05. The third-order valence-electron chi connectivity index (χ3n) is 6.55. The Morgan fingerprint density at radius 1 is 1.21 bits per heavy atom. The minimum atomic E-state index is -0.421. The number of carbonyl (C=O) groups excluding carboxylic acids is 2. The van der Waals surface area contributed by atoms with Crippen LogP contribution >= 0.6 is 22.9 Å². The van der Waals surface area contributed by atoms with E-state index in [0.29, 0.717) is 35.0 Å². The molecule has 1 aliphatic heterocycles. The van der Waals surface area contributed by atoms with Crippen molar-refractivity contribution in [1.82, 2.24) is 25.5 Å². The standard InChI is InChI=1S/C23H25ClN6O3S/c1-30-7-6-17-20(11-30)34-23(28-17)22(32)27-18-10-14(29-33)3-5-16(18)26-21(31)19-9-12-8-13(24)2-4-15(12)25-19/h2,4,8-9,14,16,18,25H,3,5-7,10-11H2,1H3,(H,26,31)(H,27,32)/t14?,16-,18+/m0/s1. The molecule has 34 heavy (non-hydrogen) atoms. The van der Waals surface area contributed by atoms with E-state index in [1.165, 1.54) is 11.3 Å². The van der Waals surface area contributed by atoms with Crippen molar-refractivity contribution in [2.75, 3.05) is 13.6 Å². The van der Waals surface area contributed by atoms with Crippen LogP contribution in [-0.4, -0.2) is 58.4 Å². The molecule has 0 radical (unpaired) electrons. The molecule has 3 N–H and O–H groups in total. The van der Waals surface area contributed by atoms with E-state index in [4.69, 9.17) is 11.6 Å². The summed E-state index contributed by atoms with van der Waals surface area (Å²) in [6.07, 6.45) is 2.29. The number of H-pyrrole nitrogens is 1. The predicted molar refractivity (Wildman–Crippen MR) is 131 cm³/mol. The molecule has 3 atom stereocenters. The molecule has 1 aliphatic carbocycles. The highest BCUT2D eigenvalue weighted by Crippen LogP contribution is 2.27. The van der Waals surface area contributed by atoms with Crippen molar-refractivity contribution in [3.05, 3.63) is 55.5 Å². The fraction of sp³-hybridized carbons (Fsp3) is 0.435. The highest BCUT2D eigenvalue weighted by atomic mass is 35.5. The molecular formula is C23H25ClN6O3S. The van der Waals surface area contributed by atoms with Gasteiger partial charge in [0.25, 0.3) is 11.8 Å². The van der Waals surface area contributed by atoms with Crippen molar-refractivity contribution in [3.8, 4) is 0 Å². The Morgan fingerprint density at radius 3 is 2.85 bits per heavy atom. The lowest BCUT2D eigenvalue weighted by Crippen LogP contribution is -2.55. The van der Waals surface area contributed by atoms with Gasteiger partial charge in [0.2, 0.25) is 0 Å². The Balaban J connectivity index is 1.31. The van der Waals surface area contributed by atoms with E-state index in [-0.39, 0.29) is 17.9 Å². The molecule has 1 saturated carbocycles. The van der Waals surface area contributed by atoms with Crippen LogP contribution in [0.4, 0.5) is 0 Å². The summed E-state index contributed by atoms with van der Waals surface area (Å²) in [6, 6.07) is 5.98. The number of rotatable bonds is 5. The van der Waals surface area contributed by atoms with E-state index in [1.807, 2.05) is 13.1 Å². The van der Waals surface area contributed by atoms with Crippen LogP contribution in [0.1, 0.15) is 50.1 Å². The van der Waals surface area contributed by atoms with Gasteiger partial charge in [-0.15, -0.1) is 11.3 Å². The van der Waals surface area contributed by atoms with E-state index in [2.05, 4.69) is 30.7 Å². The number of amides is 2. The van der Waals surface area contributed by atoms with Crippen molar-refractivity contribution < 1.29 is 9.59 Å². The molecule has 2 aliphatic rings. The summed E-state index contributed by atoms with van der Waals surface area (Å²) in [6.45, 7) is 1.70. The summed E-state index contributed by atoms with van der Waals surface area (Å²) in [5.74, 6) is -0.556.